The molecular weight excluding hydrogens is 208 g/mol. The fourth-order valence-corrected chi connectivity index (χ4v) is 2.66. The molecule has 0 bridgehead atoms. The maximum atomic E-state index is 11.7. The Morgan fingerprint density at radius 2 is 2.13 bits per heavy atom. The van der Waals surface area contributed by atoms with Crippen LogP contribution in [0.4, 0.5) is 0 Å². The van der Waals surface area contributed by atoms with Gasteiger partial charge in [-0.1, -0.05) is 29.5 Å². The van der Waals surface area contributed by atoms with Crippen molar-refractivity contribution in [3.63, 3.8) is 0 Å². The topological polar surface area (TPSA) is 34.9 Å². The van der Waals surface area contributed by atoms with Gasteiger partial charge in [0.15, 0.2) is 0 Å². The van der Waals surface area contributed by atoms with Gasteiger partial charge in [0, 0.05) is 17.1 Å². The standard InChI is InChI=1S/C11H8N2OS/c1-13-6-12-9-10(13)7-4-2-3-5-8(7)15-11(9)14/h2-6H,1H3. The first-order chi connectivity index (χ1) is 7.27. The highest BCUT2D eigenvalue weighted by Gasteiger charge is 2.08. The summed E-state index contributed by atoms with van der Waals surface area (Å²) in [6, 6.07) is 7.91. The molecule has 0 radical (unpaired) electrons. The maximum Gasteiger partial charge on any atom is 0.260 e. The first kappa shape index (κ1) is 8.61. The third-order valence-electron chi connectivity index (χ3n) is 2.48. The van der Waals surface area contributed by atoms with Gasteiger partial charge in [-0.2, -0.15) is 0 Å². The van der Waals surface area contributed by atoms with Gasteiger partial charge in [0.05, 0.1) is 11.8 Å². The summed E-state index contributed by atoms with van der Waals surface area (Å²) in [6.07, 6.45) is 1.69. The van der Waals surface area contributed by atoms with Crippen LogP contribution >= 0.6 is 11.3 Å². The van der Waals surface area contributed by atoms with Gasteiger partial charge in [-0.05, 0) is 6.07 Å². The van der Waals surface area contributed by atoms with E-state index in [1.807, 2.05) is 35.9 Å². The second-order valence-corrected chi connectivity index (χ2v) is 4.45. The first-order valence-electron chi connectivity index (χ1n) is 4.60. The summed E-state index contributed by atoms with van der Waals surface area (Å²) in [5.41, 5.74) is 1.50. The lowest BCUT2D eigenvalue weighted by Gasteiger charge is -1.99. The van der Waals surface area contributed by atoms with Gasteiger partial charge in [-0.15, -0.1) is 0 Å². The average Bonchev–Trinajstić information content (AvgIpc) is 2.62. The number of hydrogen-bond acceptors (Lipinski definition) is 3. The molecule has 0 saturated heterocycles. The Balaban J connectivity index is 2.74. The fourth-order valence-electron chi connectivity index (χ4n) is 1.80. The molecule has 0 N–H and O–H groups in total. The van der Waals surface area contributed by atoms with Gasteiger partial charge >= 0.3 is 0 Å². The number of aromatic nitrogens is 2. The quantitative estimate of drug-likeness (QED) is 0.577. The van der Waals surface area contributed by atoms with Crippen LogP contribution in [0.15, 0.2) is 35.4 Å². The van der Waals surface area contributed by atoms with Gasteiger partial charge in [0.2, 0.25) is 0 Å². The SMILES string of the molecule is Cn1cnc2c(=O)sc3ccccc3c21. The van der Waals surface area contributed by atoms with Crippen LogP contribution in [0, 0.1) is 0 Å². The van der Waals surface area contributed by atoms with Crippen LogP contribution in [0.2, 0.25) is 0 Å². The lowest BCUT2D eigenvalue weighted by atomic mass is 10.2. The van der Waals surface area contributed by atoms with Crippen LogP contribution in [-0.2, 0) is 7.05 Å². The van der Waals surface area contributed by atoms with E-state index in [1.54, 1.807) is 6.33 Å². The molecule has 3 aromatic rings. The van der Waals surface area contributed by atoms with Crippen LogP contribution in [0.5, 0.6) is 0 Å². The highest BCUT2D eigenvalue weighted by molar-refractivity contribution is 7.16. The molecule has 0 spiro atoms. The van der Waals surface area contributed by atoms with Gasteiger partial charge in [0.25, 0.3) is 4.74 Å². The van der Waals surface area contributed by atoms with Crippen LogP contribution < -0.4 is 4.74 Å². The van der Waals surface area contributed by atoms with E-state index in [0.29, 0.717) is 5.52 Å². The molecule has 1 aromatic carbocycles. The summed E-state index contributed by atoms with van der Waals surface area (Å²) >= 11 is 1.25. The van der Waals surface area contributed by atoms with Crippen molar-refractivity contribution in [2.45, 2.75) is 0 Å². The molecule has 2 aromatic heterocycles. The van der Waals surface area contributed by atoms with Crippen molar-refractivity contribution in [1.82, 2.24) is 9.55 Å². The molecule has 0 amide bonds. The van der Waals surface area contributed by atoms with Crippen molar-refractivity contribution in [3.05, 3.63) is 40.1 Å². The maximum absolute atomic E-state index is 11.7. The third-order valence-corrected chi connectivity index (χ3v) is 3.43. The summed E-state index contributed by atoms with van der Waals surface area (Å²) in [5, 5.41) is 1.09. The molecule has 0 saturated carbocycles. The minimum atomic E-state index is 0.0318. The van der Waals surface area contributed by atoms with Crippen molar-refractivity contribution in [2.75, 3.05) is 0 Å². The van der Waals surface area contributed by atoms with Crippen molar-refractivity contribution in [2.24, 2.45) is 7.05 Å². The number of nitrogens with zero attached hydrogens (tertiary/aromatic N) is 2. The van der Waals surface area contributed by atoms with E-state index in [4.69, 9.17) is 0 Å². The third kappa shape index (κ3) is 1.11. The number of hydrogen-bond donors (Lipinski definition) is 0. The molecule has 0 unspecified atom stereocenters. The number of aryl methyl sites for hydroxylation is 1. The molecule has 0 aliphatic rings. The number of benzene rings is 1. The van der Waals surface area contributed by atoms with E-state index in [2.05, 4.69) is 4.98 Å². The molecular formula is C11H8N2OS. The minimum Gasteiger partial charge on any atom is -0.333 e. The Hall–Kier alpha value is -1.68. The molecule has 0 aliphatic heterocycles. The smallest absolute Gasteiger partial charge is 0.260 e. The number of fused-ring (bicyclic) bond motifs is 3. The molecule has 2 heterocycles. The van der Waals surface area contributed by atoms with Crippen LogP contribution in [0.3, 0.4) is 0 Å². The Kier molecular flexibility index (Phi) is 1.67. The number of imidazole rings is 1. The minimum absolute atomic E-state index is 0.0318. The van der Waals surface area contributed by atoms with Crippen molar-refractivity contribution in [1.29, 1.82) is 0 Å². The predicted molar refractivity (Wildman–Crippen MR) is 62.4 cm³/mol. The Bertz CT molecular complexity index is 711. The normalized spacial score (nSPS) is 11.3. The summed E-state index contributed by atoms with van der Waals surface area (Å²) in [7, 11) is 1.91. The summed E-state index contributed by atoms with van der Waals surface area (Å²) in [5.74, 6) is 0. The Labute approximate surface area is 89.6 Å². The highest BCUT2D eigenvalue weighted by atomic mass is 32.1. The predicted octanol–water partition coefficient (Wildman–Crippen LogP) is 2.15. The molecule has 0 atom stereocenters. The van der Waals surface area contributed by atoms with E-state index >= 15 is 0 Å². The van der Waals surface area contributed by atoms with Gasteiger partial charge in [-0.3, -0.25) is 4.79 Å². The Morgan fingerprint density at radius 3 is 3.00 bits per heavy atom. The van der Waals surface area contributed by atoms with Crippen molar-refractivity contribution in [3.8, 4) is 0 Å². The lowest BCUT2D eigenvalue weighted by Crippen LogP contribution is -1.96. The zero-order valence-corrected chi connectivity index (χ0v) is 8.91. The number of rotatable bonds is 0. The Morgan fingerprint density at radius 1 is 1.33 bits per heavy atom. The molecule has 4 heteroatoms. The summed E-state index contributed by atoms with van der Waals surface area (Å²) in [4.78, 5) is 15.9. The van der Waals surface area contributed by atoms with Gasteiger partial charge in [0.1, 0.15) is 5.52 Å². The lowest BCUT2D eigenvalue weighted by molar-refractivity contribution is 0.951. The van der Waals surface area contributed by atoms with Gasteiger partial charge in [-0.25, -0.2) is 4.98 Å². The van der Waals surface area contributed by atoms with Crippen molar-refractivity contribution < 1.29 is 0 Å². The molecule has 15 heavy (non-hydrogen) atoms. The largest absolute Gasteiger partial charge is 0.333 e. The average molecular weight is 216 g/mol. The second-order valence-electron chi connectivity index (χ2n) is 3.44. The molecule has 0 fully saturated rings. The monoisotopic (exact) mass is 216 g/mol. The van der Waals surface area contributed by atoms with E-state index in [-0.39, 0.29) is 4.74 Å². The molecule has 3 rings (SSSR count). The highest BCUT2D eigenvalue weighted by Crippen LogP contribution is 2.23. The summed E-state index contributed by atoms with van der Waals surface area (Å²) in [6.45, 7) is 0. The fraction of sp³-hybridized carbons (Fsp3) is 0.0909. The van der Waals surface area contributed by atoms with E-state index in [0.717, 1.165) is 15.6 Å². The zero-order valence-electron chi connectivity index (χ0n) is 8.10. The second kappa shape index (κ2) is 2.90. The summed E-state index contributed by atoms with van der Waals surface area (Å²) < 4.78 is 2.94. The van der Waals surface area contributed by atoms with Crippen LogP contribution in [0.1, 0.15) is 0 Å². The molecule has 3 nitrogen and oxygen atoms in total. The van der Waals surface area contributed by atoms with Gasteiger partial charge < -0.3 is 4.57 Å². The zero-order chi connectivity index (χ0) is 10.4. The van der Waals surface area contributed by atoms with Crippen molar-refractivity contribution >= 4 is 32.5 Å². The van der Waals surface area contributed by atoms with Crippen LogP contribution in [-0.4, -0.2) is 9.55 Å². The molecule has 74 valence electrons. The molecule has 0 aliphatic carbocycles. The first-order valence-corrected chi connectivity index (χ1v) is 5.42. The van der Waals surface area contributed by atoms with E-state index in [9.17, 15) is 4.79 Å². The van der Waals surface area contributed by atoms with E-state index in [1.165, 1.54) is 11.3 Å². The van der Waals surface area contributed by atoms with Crippen LogP contribution in [0.25, 0.3) is 21.1 Å². The van der Waals surface area contributed by atoms with E-state index < -0.39 is 0 Å².